The van der Waals surface area contributed by atoms with Gasteiger partial charge in [-0.05, 0) is 48.5 Å². The van der Waals surface area contributed by atoms with Gasteiger partial charge >= 0.3 is 0 Å². The van der Waals surface area contributed by atoms with Gasteiger partial charge in [0.25, 0.3) is 0 Å². The summed E-state index contributed by atoms with van der Waals surface area (Å²) in [5.41, 5.74) is 4.56. The second-order valence-corrected chi connectivity index (χ2v) is 16.6. The molecule has 0 amide bonds. The van der Waals surface area contributed by atoms with Crippen molar-refractivity contribution in [3.8, 4) is 0 Å². The molecular formula is C32H43NO2Si. The molecule has 0 fully saturated rings. The molecule has 0 bridgehead atoms. The number of allylic oxidation sites excluding steroid dienone is 3. The van der Waals surface area contributed by atoms with E-state index in [1.54, 1.807) is 0 Å². The van der Waals surface area contributed by atoms with Crippen LogP contribution >= 0.6 is 0 Å². The summed E-state index contributed by atoms with van der Waals surface area (Å²) in [6.45, 7) is 13.9. The molecule has 0 saturated carbocycles. The Morgan fingerprint density at radius 2 is 1.58 bits per heavy atom. The molecule has 0 spiro atoms. The molecule has 0 aromatic heterocycles. The molecule has 3 nitrogen and oxygen atoms in total. The van der Waals surface area contributed by atoms with Gasteiger partial charge in [0.15, 0.2) is 14.1 Å². The van der Waals surface area contributed by atoms with Crippen LogP contribution in [0.3, 0.4) is 0 Å². The summed E-state index contributed by atoms with van der Waals surface area (Å²) in [6.07, 6.45) is 8.88. The highest BCUT2D eigenvalue weighted by Gasteiger charge is 2.45. The third-order valence-electron chi connectivity index (χ3n) is 8.25. The van der Waals surface area contributed by atoms with Crippen molar-refractivity contribution in [3.05, 3.63) is 95.2 Å². The van der Waals surface area contributed by atoms with E-state index in [9.17, 15) is 4.79 Å². The molecular weight excluding hydrogens is 458 g/mol. The second kappa shape index (κ2) is 10.9. The molecule has 0 N–H and O–H groups in total. The predicted octanol–water partition coefficient (Wildman–Crippen LogP) is 8.54. The normalized spacial score (nSPS) is 20.3. The van der Waals surface area contributed by atoms with Crippen LogP contribution in [0.2, 0.25) is 18.1 Å². The number of nitrogens with zero attached hydrogens (tertiary/aromatic N) is 1. The van der Waals surface area contributed by atoms with Crippen LogP contribution in [0.5, 0.6) is 0 Å². The zero-order valence-electron chi connectivity index (χ0n) is 23.0. The molecule has 0 unspecified atom stereocenters. The maximum atomic E-state index is 13.0. The van der Waals surface area contributed by atoms with E-state index in [0.29, 0.717) is 6.42 Å². The number of hydrogen-bond acceptors (Lipinski definition) is 3. The zero-order valence-corrected chi connectivity index (χ0v) is 24.0. The number of carbonyl (C=O) groups is 1. The Labute approximate surface area is 219 Å². The monoisotopic (exact) mass is 501 g/mol. The van der Waals surface area contributed by atoms with E-state index in [4.69, 9.17) is 4.43 Å². The summed E-state index contributed by atoms with van der Waals surface area (Å²) in [5.74, 6) is 0.279. The first-order valence-electron chi connectivity index (χ1n) is 13.6. The summed E-state index contributed by atoms with van der Waals surface area (Å²) in [5, 5.41) is 0.0805. The molecule has 2 aromatic rings. The standard InChI is InChI=1S/C32H43NO2Si/c1-7-15-26-22-23-27-28(20-14-21-29(27)34)33(26)30(24-16-10-8-11-17-24)31(25-18-12-9-13-19-25)35-36(5,6)32(2,3)4/h8-13,16-19,22-23,26,30-31H,7,14-15,20-21H2,1-6H3/t26-,30-,31+/m1/s1. The van der Waals surface area contributed by atoms with E-state index in [0.717, 1.165) is 31.3 Å². The van der Waals surface area contributed by atoms with Crippen LogP contribution in [-0.2, 0) is 9.22 Å². The summed E-state index contributed by atoms with van der Waals surface area (Å²) in [6, 6.07) is 21.8. The lowest BCUT2D eigenvalue weighted by molar-refractivity contribution is -0.116. The molecule has 192 valence electrons. The van der Waals surface area contributed by atoms with Crippen molar-refractivity contribution in [1.82, 2.24) is 4.90 Å². The summed E-state index contributed by atoms with van der Waals surface area (Å²) in [7, 11) is -2.14. The Bertz CT molecular complexity index is 1100. The molecule has 4 rings (SSSR count). The average Bonchev–Trinajstić information content (AvgIpc) is 2.85. The smallest absolute Gasteiger partial charge is 0.193 e. The van der Waals surface area contributed by atoms with Crippen LogP contribution in [0.25, 0.3) is 0 Å². The molecule has 2 aliphatic rings. The van der Waals surface area contributed by atoms with E-state index in [-0.39, 0.29) is 29.0 Å². The summed E-state index contributed by atoms with van der Waals surface area (Å²) >= 11 is 0. The summed E-state index contributed by atoms with van der Waals surface area (Å²) in [4.78, 5) is 15.6. The number of ketones is 1. The predicted molar refractivity (Wildman–Crippen MR) is 152 cm³/mol. The van der Waals surface area contributed by atoms with E-state index < -0.39 is 8.32 Å². The number of rotatable bonds is 8. The first-order valence-corrected chi connectivity index (χ1v) is 16.6. The van der Waals surface area contributed by atoms with Gasteiger partial charge in [0.1, 0.15) is 0 Å². The Kier molecular flexibility index (Phi) is 8.06. The van der Waals surface area contributed by atoms with Gasteiger partial charge in [-0.1, -0.05) is 107 Å². The van der Waals surface area contributed by atoms with Gasteiger partial charge in [-0.25, -0.2) is 0 Å². The molecule has 1 aliphatic carbocycles. The maximum Gasteiger partial charge on any atom is 0.193 e. The lowest BCUT2D eigenvalue weighted by Gasteiger charge is -2.49. The van der Waals surface area contributed by atoms with Gasteiger partial charge < -0.3 is 9.33 Å². The van der Waals surface area contributed by atoms with Crippen molar-refractivity contribution in [3.63, 3.8) is 0 Å². The van der Waals surface area contributed by atoms with Crippen LogP contribution in [0, 0.1) is 0 Å². The highest BCUT2D eigenvalue weighted by Crippen LogP contribution is 2.49. The van der Waals surface area contributed by atoms with Crippen LogP contribution < -0.4 is 0 Å². The lowest BCUT2D eigenvalue weighted by atomic mass is 9.85. The van der Waals surface area contributed by atoms with Gasteiger partial charge in [0.2, 0.25) is 0 Å². The number of carbonyl (C=O) groups excluding carboxylic acids is 1. The largest absolute Gasteiger partial charge is 0.407 e. The van der Waals surface area contributed by atoms with Crippen LogP contribution in [0.4, 0.5) is 0 Å². The molecule has 0 saturated heterocycles. The highest BCUT2D eigenvalue weighted by atomic mass is 28.4. The van der Waals surface area contributed by atoms with Crippen LogP contribution in [-0.4, -0.2) is 25.0 Å². The first-order chi connectivity index (χ1) is 17.1. The average molecular weight is 502 g/mol. The van der Waals surface area contributed by atoms with Gasteiger partial charge in [-0.3, -0.25) is 4.79 Å². The Balaban J connectivity index is 1.93. The number of hydrogen-bond donors (Lipinski definition) is 0. The number of benzene rings is 2. The molecule has 3 atom stereocenters. The van der Waals surface area contributed by atoms with Crippen molar-refractivity contribution in [2.24, 2.45) is 0 Å². The van der Waals surface area contributed by atoms with Gasteiger partial charge in [-0.2, -0.15) is 0 Å². The molecule has 1 heterocycles. The second-order valence-electron chi connectivity index (χ2n) is 11.8. The Morgan fingerprint density at radius 3 is 2.17 bits per heavy atom. The lowest BCUT2D eigenvalue weighted by Crippen LogP contribution is -2.47. The fourth-order valence-corrected chi connectivity index (χ4v) is 6.55. The first kappa shape index (κ1) is 26.6. The fourth-order valence-electron chi connectivity index (χ4n) is 5.29. The summed E-state index contributed by atoms with van der Waals surface area (Å²) < 4.78 is 7.36. The van der Waals surface area contributed by atoms with E-state index in [2.05, 4.69) is 119 Å². The van der Waals surface area contributed by atoms with Gasteiger partial charge in [0.05, 0.1) is 12.1 Å². The van der Waals surface area contributed by atoms with Crippen molar-refractivity contribution >= 4 is 14.1 Å². The van der Waals surface area contributed by atoms with Crippen molar-refractivity contribution < 1.29 is 9.22 Å². The van der Waals surface area contributed by atoms with E-state index in [1.807, 2.05) is 0 Å². The highest BCUT2D eigenvalue weighted by molar-refractivity contribution is 6.74. The van der Waals surface area contributed by atoms with Crippen molar-refractivity contribution in [2.75, 3.05) is 0 Å². The Hall–Kier alpha value is -2.43. The maximum absolute atomic E-state index is 13.0. The minimum atomic E-state index is -2.14. The molecule has 36 heavy (non-hydrogen) atoms. The Morgan fingerprint density at radius 1 is 0.972 bits per heavy atom. The third kappa shape index (κ3) is 5.45. The van der Waals surface area contributed by atoms with Gasteiger partial charge in [0, 0.05) is 23.7 Å². The molecule has 2 aromatic carbocycles. The minimum Gasteiger partial charge on any atom is -0.407 e. The van der Waals surface area contributed by atoms with Crippen LogP contribution in [0.15, 0.2) is 84.1 Å². The molecule has 1 aliphatic heterocycles. The fraction of sp³-hybridized carbons (Fsp3) is 0.469. The quantitative estimate of drug-likeness (QED) is 0.339. The van der Waals surface area contributed by atoms with Crippen LogP contribution in [0.1, 0.15) is 83.1 Å². The topological polar surface area (TPSA) is 29.5 Å². The molecule has 4 heteroatoms. The van der Waals surface area contributed by atoms with E-state index in [1.165, 1.54) is 16.8 Å². The third-order valence-corrected chi connectivity index (χ3v) is 12.7. The van der Waals surface area contributed by atoms with Crippen molar-refractivity contribution in [1.29, 1.82) is 0 Å². The zero-order chi connectivity index (χ0) is 25.9. The number of Topliss-reactive ketones (excluding diaryl/α,β-unsaturated/α-hetero) is 1. The van der Waals surface area contributed by atoms with E-state index >= 15 is 0 Å². The molecule has 0 radical (unpaired) electrons. The van der Waals surface area contributed by atoms with Crippen molar-refractivity contribution in [2.45, 2.75) is 96.1 Å². The SMILES string of the molecule is CCC[C@@H]1C=CC2=C(CCCC2=O)N1[C@H](c1ccccc1)[C@@H](O[Si](C)(C)C(C)(C)C)c1ccccc1. The van der Waals surface area contributed by atoms with Gasteiger partial charge in [-0.15, -0.1) is 0 Å². The minimum absolute atomic E-state index is 0.0277.